The molecule has 1 fully saturated rings. The smallest absolute Gasteiger partial charge is 0.254 e. The van der Waals surface area contributed by atoms with E-state index < -0.39 is 15.7 Å². The molecule has 1 aliphatic rings. The molecule has 0 saturated carbocycles. The van der Waals surface area contributed by atoms with Crippen LogP contribution in [0.4, 0.5) is 4.39 Å². The van der Waals surface area contributed by atoms with Gasteiger partial charge in [-0.25, -0.2) is 12.8 Å². The van der Waals surface area contributed by atoms with Gasteiger partial charge in [-0.15, -0.1) is 0 Å². The molecule has 7 heteroatoms. The number of rotatable bonds is 4. The first-order valence-electron chi connectivity index (χ1n) is 8.46. The van der Waals surface area contributed by atoms with Crippen LogP contribution in [0.3, 0.4) is 0 Å². The van der Waals surface area contributed by atoms with E-state index in [1.807, 2.05) is 0 Å². The van der Waals surface area contributed by atoms with Crippen molar-refractivity contribution < 1.29 is 17.6 Å². The number of halogens is 2. The number of sulfone groups is 1. The van der Waals surface area contributed by atoms with Crippen molar-refractivity contribution in [3.63, 3.8) is 0 Å². The zero-order valence-electron chi connectivity index (χ0n) is 14.7. The van der Waals surface area contributed by atoms with Gasteiger partial charge in [-0.1, -0.05) is 35.9 Å². The molecule has 1 amide bonds. The molecule has 0 aliphatic carbocycles. The molecule has 1 atom stereocenters. The molecule has 0 aromatic heterocycles. The highest BCUT2D eigenvalue weighted by Gasteiger charge is 2.33. The summed E-state index contributed by atoms with van der Waals surface area (Å²) in [5, 5.41) is 0.579. The Bertz CT molecular complexity index is 969. The number of carbonyl (C=O) groups is 1. The van der Waals surface area contributed by atoms with Crippen LogP contribution in [0.1, 0.15) is 17.5 Å². The molecule has 0 N–H and O–H groups in total. The number of benzene rings is 2. The molecule has 27 heavy (non-hydrogen) atoms. The van der Waals surface area contributed by atoms with Crippen LogP contribution in [-0.2, 0) is 14.6 Å². The summed E-state index contributed by atoms with van der Waals surface area (Å²) < 4.78 is 36.8. The number of hydrogen-bond donors (Lipinski definition) is 0. The standard InChI is InChI=1S/C20H19ClFNO3S/c1-23(18-10-11-27(25,26)13-18)20(24)19(15-4-8-17(22)9-5-15)12-14-2-6-16(21)7-3-14/h2-9,12,18H,10-11,13H2,1H3. The second kappa shape index (κ2) is 7.82. The first kappa shape index (κ1) is 19.6. The van der Waals surface area contributed by atoms with Crippen molar-refractivity contribution in [3.05, 3.63) is 70.5 Å². The maximum Gasteiger partial charge on any atom is 0.254 e. The minimum atomic E-state index is -3.11. The van der Waals surface area contributed by atoms with Gasteiger partial charge >= 0.3 is 0 Å². The molecule has 3 rings (SSSR count). The summed E-state index contributed by atoms with van der Waals surface area (Å²) in [5.41, 5.74) is 1.69. The van der Waals surface area contributed by atoms with E-state index in [9.17, 15) is 17.6 Å². The van der Waals surface area contributed by atoms with Crippen molar-refractivity contribution in [1.82, 2.24) is 4.90 Å². The Balaban J connectivity index is 1.97. The Morgan fingerprint density at radius 1 is 1.15 bits per heavy atom. The zero-order chi connectivity index (χ0) is 19.6. The molecule has 1 saturated heterocycles. The SMILES string of the molecule is CN(C(=O)C(=Cc1ccc(Cl)cc1)c1ccc(F)cc1)C1CCS(=O)(=O)C1. The van der Waals surface area contributed by atoms with Crippen LogP contribution in [0.5, 0.6) is 0 Å². The minimum Gasteiger partial charge on any atom is -0.338 e. The molecule has 2 aromatic carbocycles. The van der Waals surface area contributed by atoms with Gasteiger partial charge < -0.3 is 4.90 Å². The van der Waals surface area contributed by atoms with Crippen LogP contribution in [0.2, 0.25) is 5.02 Å². The summed E-state index contributed by atoms with van der Waals surface area (Å²) in [5.74, 6) is -0.652. The quantitative estimate of drug-likeness (QED) is 0.574. The summed E-state index contributed by atoms with van der Waals surface area (Å²) in [6.45, 7) is 0. The van der Waals surface area contributed by atoms with Gasteiger partial charge in [-0.2, -0.15) is 0 Å². The molecular formula is C20H19ClFNO3S. The molecule has 0 spiro atoms. The fourth-order valence-electron chi connectivity index (χ4n) is 3.06. The summed E-state index contributed by atoms with van der Waals surface area (Å²) in [7, 11) is -1.51. The van der Waals surface area contributed by atoms with Crippen LogP contribution in [0.25, 0.3) is 11.6 Å². The van der Waals surface area contributed by atoms with Gasteiger partial charge in [0.05, 0.1) is 11.5 Å². The van der Waals surface area contributed by atoms with E-state index in [1.165, 1.54) is 29.2 Å². The molecule has 4 nitrogen and oxygen atoms in total. The molecule has 1 heterocycles. The average molecular weight is 408 g/mol. The average Bonchev–Trinajstić information content (AvgIpc) is 3.01. The highest BCUT2D eigenvalue weighted by atomic mass is 35.5. The van der Waals surface area contributed by atoms with Gasteiger partial charge in [0, 0.05) is 23.7 Å². The van der Waals surface area contributed by atoms with Gasteiger partial charge in [0.25, 0.3) is 5.91 Å². The van der Waals surface area contributed by atoms with Crippen molar-refractivity contribution in [3.8, 4) is 0 Å². The topological polar surface area (TPSA) is 54.5 Å². The lowest BCUT2D eigenvalue weighted by atomic mass is 10.0. The Labute approximate surface area is 163 Å². The van der Waals surface area contributed by atoms with E-state index in [2.05, 4.69) is 0 Å². The Morgan fingerprint density at radius 2 is 1.78 bits per heavy atom. The number of likely N-dealkylation sites (N-methyl/N-ethyl adjacent to an activating group) is 1. The monoisotopic (exact) mass is 407 g/mol. The van der Waals surface area contributed by atoms with Gasteiger partial charge in [0.1, 0.15) is 5.82 Å². The normalized spacial score (nSPS) is 19.1. The third-order valence-corrected chi connectivity index (χ3v) is 6.65. The fourth-order valence-corrected chi connectivity index (χ4v) is 4.96. The Hall–Kier alpha value is -2.18. The fraction of sp³-hybridized carbons (Fsp3) is 0.250. The zero-order valence-corrected chi connectivity index (χ0v) is 16.3. The molecule has 1 aliphatic heterocycles. The van der Waals surface area contributed by atoms with Crippen LogP contribution >= 0.6 is 11.6 Å². The van der Waals surface area contributed by atoms with Crippen molar-refractivity contribution in [2.75, 3.05) is 18.6 Å². The number of nitrogens with zero attached hydrogens (tertiary/aromatic N) is 1. The van der Waals surface area contributed by atoms with Crippen LogP contribution in [-0.4, -0.2) is 43.8 Å². The van der Waals surface area contributed by atoms with E-state index in [0.29, 0.717) is 22.6 Å². The van der Waals surface area contributed by atoms with Gasteiger partial charge in [0.15, 0.2) is 9.84 Å². The van der Waals surface area contributed by atoms with E-state index in [0.717, 1.165) is 5.56 Å². The lowest BCUT2D eigenvalue weighted by Gasteiger charge is -2.25. The van der Waals surface area contributed by atoms with E-state index in [4.69, 9.17) is 11.6 Å². The van der Waals surface area contributed by atoms with Crippen molar-refractivity contribution in [2.45, 2.75) is 12.5 Å². The molecular weight excluding hydrogens is 389 g/mol. The second-order valence-corrected chi connectivity index (χ2v) is 9.25. The van der Waals surface area contributed by atoms with Crippen LogP contribution in [0, 0.1) is 5.82 Å². The van der Waals surface area contributed by atoms with Crippen molar-refractivity contribution in [2.24, 2.45) is 0 Å². The van der Waals surface area contributed by atoms with E-state index in [1.54, 1.807) is 37.4 Å². The van der Waals surface area contributed by atoms with Gasteiger partial charge in [0.2, 0.25) is 0 Å². The van der Waals surface area contributed by atoms with Gasteiger partial charge in [-0.3, -0.25) is 4.79 Å². The first-order valence-corrected chi connectivity index (χ1v) is 10.7. The molecule has 2 aromatic rings. The number of amides is 1. The summed E-state index contributed by atoms with van der Waals surface area (Å²) in [4.78, 5) is 14.6. The summed E-state index contributed by atoms with van der Waals surface area (Å²) in [6.07, 6.45) is 2.12. The van der Waals surface area contributed by atoms with Crippen LogP contribution < -0.4 is 0 Å². The highest BCUT2D eigenvalue weighted by molar-refractivity contribution is 7.91. The lowest BCUT2D eigenvalue weighted by molar-refractivity contribution is -0.125. The first-order chi connectivity index (χ1) is 12.7. The third-order valence-electron chi connectivity index (χ3n) is 4.64. The largest absolute Gasteiger partial charge is 0.338 e. The Kier molecular flexibility index (Phi) is 5.67. The maximum absolute atomic E-state index is 13.3. The van der Waals surface area contributed by atoms with E-state index >= 15 is 0 Å². The highest BCUT2D eigenvalue weighted by Crippen LogP contribution is 2.25. The minimum absolute atomic E-state index is 0.0348. The second-order valence-electron chi connectivity index (χ2n) is 6.59. The van der Waals surface area contributed by atoms with Gasteiger partial charge in [-0.05, 0) is 47.9 Å². The third kappa shape index (κ3) is 4.76. The Morgan fingerprint density at radius 3 is 2.33 bits per heavy atom. The van der Waals surface area contributed by atoms with E-state index in [-0.39, 0.29) is 23.5 Å². The summed E-state index contributed by atoms with van der Waals surface area (Å²) in [6, 6.07) is 12.3. The maximum atomic E-state index is 13.3. The predicted molar refractivity (Wildman–Crippen MR) is 106 cm³/mol. The summed E-state index contributed by atoms with van der Waals surface area (Å²) >= 11 is 5.91. The molecule has 0 radical (unpaired) electrons. The van der Waals surface area contributed by atoms with Crippen LogP contribution in [0.15, 0.2) is 48.5 Å². The molecule has 0 bridgehead atoms. The number of hydrogen-bond acceptors (Lipinski definition) is 3. The number of carbonyl (C=O) groups excluding carboxylic acids is 1. The molecule has 1 unspecified atom stereocenters. The lowest BCUT2D eigenvalue weighted by Crippen LogP contribution is -2.38. The van der Waals surface area contributed by atoms with Crippen molar-refractivity contribution >= 4 is 39.0 Å². The molecule has 142 valence electrons. The van der Waals surface area contributed by atoms with Crippen molar-refractivity contribution in [1.29, 1.82) is 0 Å². The predicted octanol–water partition coefficient (Wildman–Crippen LogP) is 3.67.